The number of hydrogen-bond acceptors (Lipinski definition) is 9. The Kier molecular flexibility index (Phi) is 4.50. The highest BCUT2D eigenvalue weighted by Gasteiger charge is 2.41. The number of carbonyl (C=O) groups is 2. The molecule has 12 nitrogen and oxygen atoms in total. The number of hydrogen-bond donors (Lipinski definition) is 3. The van der Waals surface area contributed by atoms with E-state index in [1.807, 2.05) is 0 Å². The summed E-state index contributed by atoms with van der Waals surface area (Å²) >= 11 is 0. The number of nitrogens with zero attached hydrogens (tertiary/aromatic N) is 2. The summed E-state index contributed by atoms with van der Waals surface area (Å²) in [6.07, 6.45) is -2.32. The van der Waals surface area contributed by atoms with Crippen LogP contribution in [0.1, 0.15) is 26.5 Å². The maximum Gasteiger partial charge on any atom is 0.330 e. The number of nitrogen functional groups attached to an aromatic ring is 1. The van der Waals surface area contributed by atoms with Crippen LogP contribution in [0.5, 0.6) is 0 Å². The first-order valence-corrected chi connectivity index (χ1v) is 7.72. The number of nitrogens with two attached hydrogens (primary N) is 1. The Balaban J connectivity index is 2.02. The summed E-state index contributed by atoms with van der Waals surface area (Å²) in [5, 5.41) is 0. The summed E-state index contributed by atoms with van der Waals surface area (Å²) in [5.74, 6) is -1.25. The monoisotopic (exact) mass is 367 g/mol. The van der Waals surface area contributed by atoms with Crippen LogP contribution < -0.4 is 17.0 Å². The zero-order valence-corrected chi connectivity index (χ0v) is 14.0. The Morgan fingerprint density at radius 1 is 1.31 bits per heavy atom. The fourth-order valence-electron chi connectivity index (χ4n) is 2.84. The van der Waals surface area contributed by atoms with E-state index in [9.17, 15) is 19.2 Å². The fraction of sp³-hybridized carbons (Fsp3) is 0.500. The van der Waals surface area contributed by atoms with E-state index >= 15 is 0 Å². The molecular formula is C14H17N5O7. The second-order valence-corrected chi connectivity index (χ2v) is 5.78. The third-order valence-corrected chi connectivity index (χ3v) is 3.79. The summed E-state index contributed by atoms with van der Waals surface area (Å²) < 4.78 is 16.9. The predicted molar refractivity (Wildman–Crippen MR) is 86.1 cm³/mol. The zero-order chi connectivity index (χ0) is 19.0. The molecule has 1 aliphatic rings. The number of H-pyrrole nitrogens is 2. The zero-order valence-electron chi connectivity index (χ0n) is 14.0. The van der Waals surface area contributed by atoms with Crippen molar-refractivity contribution in [3.8, 4) is 0 Å². The van der Waals surface area contributed by atoms with Crippen molar-refractivity contribution in [2.24, 2.45) is 0 Å². The average Bonchev–Trinajstić information content (AvgIpc) is 3.05. The summed E-state index contributed by atoms with van der Waals surface area (Å²) in [5.41, 5.74) is 4.12. The van der Waals surface area contributed by atoms with Crippen LogP contribution in [0.2, 0.25) is 0 Å². The number of esters is 2. The molecule has 0 saturated carbocycles. The number of ether oxygens (including phenoxy) is 3. The summed E-state index contributed by atoms with van der Waals surface area (Å²) in [7, 11) is 0. The van der Waals surface area contributed by atoms with Crippen molar-refractivity contribution in [3.05, 3.63) is 20.8 Å². The number of nitrogens with one attached hydrogen (secondary N) is 2. The van der Waals surface area contributed by atoms with Crippen LogP contribution >= 0.6 is 0 Å². The summed E-state index contributed by atoms with van der Waals surface area (Å²) in [4.78, 5) is 55.3. The van der Waals surface area contributed by atoms with Crippen LogP contribution in [-0.4, -0.2) is 50.3 Å². The van der Waals surface area contributed by atoms with Crippen molar-refractivity contribution in [3.63, 3.8) is 0 Å². The van der Waals surface area contributed by atoms with Gasteiger partial charge < -0.3 is 19.9 Å². The molecule has 0 aromatic carbocycles. The van der Waals surface area contributed by atoms with E-state index in [0.29, 0.717) is 0 Å². The molecule has 1 fully saturated rings. The highest BCUT2D eigenvalue weighted by atomic mass is 16.6. The molecule has 2 aromatic heterocycles. The number of rotatable bonds is 4. The third-order valence-electron chi connectivity index (χ3n) is 3.79. The quantitative estimate of drug-likeness (QED) is 0.560. The van der Waals surface area contributed by atoms with Crippen LogP contribution in [0.15, 0.2) is 9.59 Å². The van der Waals surface area contributed by atoms with E-state index in [1.54, 1.807) is 0 Å². The topological polar surface area (TPSA) is 171 Å². The molecule has 1 aliphatic heterocycles. The van der Waals surface area contributed by atoms with Crippen LogP contribution in [0.3, 0.4) is 0 Å². The molecule has 3 heterocycles. The van der Waals surface area contributed by atoms with E-state index in [-0.39, 0.29) is 30.1 Å². The molecule has 0 aliphatic carbocycles. The maximum atomic E-state index is 12.4. The Morgan fingerprint density at radius 2 is 2.04 bits per heavy atom. The van der Waals surface area contributed by atoms with E-state index < -0.39 is 41.6 Å². The van der Waals surface area contributed by atoms with Gasteiger partial charge in [-0.05, 0) is 0 Å². The van der Waals surface area contributed by atoms with Gasteiger partial charge in [-0.1, -0.05) is 0 Å². The van der Waals surface area contributed by atoms with Gasteiger partial charge in [0.2, 0.25) is 5.95 Å². The second kappa shape index (κ2) is 6.63. The van der Waals surface area contributed by atoms with E-state index in [1.165, 1.54) is 13.8 Å². The minimum absolute atomic E-state index is 0.0356. The van der Waals surface area contributed by atoms with E-state index in [0.717, 1.165) is 4.57 Å². The Morgan fingerprint density at radius 3 is 2.69 bits per heavy atom. The normalized spacial score (nSPS) is 22.5. The third kappa shape index (κ3) is 3.31. The largest absolute Gasteiger partial charge is 0.463 e. The molecule has 0 radical (unpaired) electrons. The lowest BCUT2D eigenvalue weighted by molar-refractivity contribution is -0.153. The van der Waals surface area contributed by atoms with Crippen molar-refractivity contribution in [1.29, 1.82) is 0 Å². The summed E-state index contributed by atoms with van der Waals surface area (Å²) in [6.45, 7) is 2.39. The molecule has 0 unspecified atom stereocenters. The molecule has 0 amide bonds. The van der Waals surface area contributed by atoms with Gasteiger partial charge in [0.15, 0.2) is 17.4 Å². The molecular weight excluding hydrogens is 350 g/mol. The Bertz CT molecular complexity index is 974. The first kappa shape index (κ1) is 17.7. The van der Waals surface area contributed by atoms with Gasteiger partial charge in [-0.25, -0.2) is 9.36 Å². The fourth-order valence-corrected chi connectivity index (χ4v) is 2.84. The number of aromatic amines is 2. The predicted octanol–water partition coefficient (Wildman–Crippen LogP) is -1.22. The highest BCUT2D eigenvalue weighted by molar-refractivity contribution is 5.70. The lowest BCUT2D eigenvalue weighted by atomic mass is 10.2. The van der Waals surface area contributed by atoms with Gasteiger partial charge in [0.05, 0.1) is 6.10 Å². The van der Waals surface area contributed by atoms with Crippen molar-refractivity contribution < 1.29 is 23.8 Å². The number of fused-ring (bicyclic) bond motifs is 1. The van der Waals surface area contributed by atoms with Crippen molar-refractivity contribution in [2.75, 3.05) is 12.3 Å². The maximum absolute atomic E-state index is 12.4. The molecule has 26 heavy (non-hydrogen) atoms. The lowest BCUT2D eigenvalue weighted by Crippen LogP contribution is -2.31. The first-order chi connectivity index (χ1) is 12.3. The van der Waals surface area contributed by atoms with Crippen LogP contribution in [0.25, 0.3) is 11.2 Å². The van der Waals surface area contributed by atoms with Crippen molar-refractivity contribution in [2.45, 2.75) is 38.7 Å². The average molecular weight is 367 g/mol. The van der Waals surface area contributed by atoms with E-state index in [4.69, 9.17) is 19.9 Å². The molecule has 0 bridgehead atoms. The number of carbonyl (C=O) groups excluding carboxylic acids is 2. The second-order valence-electron chi connectivity index (χ2n) is 5.78. The van der Waals surface area contributed by atoms with Gasteiger partial charge in [0.25, 0.3) is 5.56 Å². The highest BCUT2D eigenvalue weighted by Crippen LogP contribution is 2.32. The molecule has 2 aromatic rings. The first-order valence-electron chi connectivity index (χ1n) is 7.72. The minimum atomic E-state index is -1.06. The van der Waals surface area contributed by atoms with Gasteiger partial charge in [-0.2, -0.15) is 4.98 Å². The van der Waals surface area contributed by atoms with Gasteiger partial charge in [-0.3, -0.25) is 24.4 Å². The number of aromatic nitrogens is 4. The summed E-state index contributed by atoms with van der Waals surface area (Å²) in [6, 6.07) is 0. The molecule has 1 saturated heterocycles. The number of anilines is 1. The molecule has 0 spiro atoms. The minimum Gasteiger partial charge on any atom is -0.463 e. The molecule has 3 atom stereocenters. The van der Waals surface area contributed by atoms with E-state index in [2.05, 4.69) is 15.0 Å². The van der Waals surface area contributed by atoms with Crippen molar-refractivity contribution in [1.82, 2.24) is 19.5 Å². The van der Waals surface area contributed by atoms with Crippen LogP contribution in [-0.2, 0) is 23.8 Å². The van der Waals surface area contributed by atoms with Crippen molar-refractivity contribution >= 4 is 29.1 Å². The smallest absolute Gasteiger partial charge is 0.330 e. The molecule has 12 heteroatoms. The SMILES string of the molecule is CC(=O)OC[C@@H]1C[C@H](OC(C)=O)[C@H](n2c(=O)[nH]c3c(=O)[nH]c(N)nc32)O1. The standard InChI is InChI=1S/C14H17N5O7/c1-5(20)24-4-7-3-8(25-6(2)21)12(26-7)19-10-9(16-14(19)23)11(22)18-13(15)17-10/h7-8,12H,3-4H2,1-2H3,(H,16,23)(H3,15,17,18,22)/t7-,8-,12+/m0/s1. The van der Waals surface area contributed by atoms with Gasteiger partial charge in [-0.15, -0.1) is 0 Å². The molecule has 140 valence electrons. The number of imidazole rings is 1. The Hall–Kier alpha value is -3.15. The van der Waals surface area contributed by atoms with Crippen LogP contribution in [0.4, 0.5) is 5.95 Å². The Labute approximate surface area is 145 Å². The lowest BCUT2D eigenvalue weighted by Gasteiger charge is -2.19. The van der Waals surface area contributed by atoms with Gasteiger partial charge in [0, 0.05) is 20.3 Å². The molecule has 4 N–H and O–H groups in total. The molecule has 3 rings (SSSR count). The van der Waals surface area contributed by atoms with Gasteiger partial charge in [0.1, 0.15) is 12.7 Å². The van der Waals surface area contributed by atoms with Crippen LogP contribution in [0, 0.1) is 0 Å². The van der Waals surface area contributed by atoms with Gasteiger partial charge >= 0.3 is 17.6 Å².